The number of anilines is 1. The van der Waals surface area contributed by atoms with E-state index in [2.05, 4.69) is 10.3 Å². The number of carboxylic acids is 1. The van der Waals surface area contributed by atoms with Crippen molar-refractivity contribution in [3.05, 3.63) is 24.3 Å². The largest absolute Gasteiger partial charge is 0.480 e. The number of nitrogens with zero attached hydrogens (tertiary/aromatic N) is 1. The lowest BCUT2D eigenvalue weighted by atomic mass is 9.88. The molecule has 19 heavy (non-hydrogen) atoms. The predicted molar refractivity (Wildman–Crippen MR) is 73.1 cm³/mol. The number of carbonyl (C=O) groups is 1. The van der Waals surface area contributed by atoms with Crippen LogP contribution in [0.25, 0.3) is 11.1 Å². The van der Waals surface area contributed by atoms with Gasteiger partial charge in [0.05, 0.1) is 0 Å². The van der Waals surface area contributed by atoms with Gasteiger partial charge in [-0.05, 0) is 24.0 Å². The van der Waals surface area contributed by atoms with Crippen LogP contribution in [0.1, 0.15) is 27.2 Å². The van der Waals surface area contributed by atoms with Gasteiger partial charge >= 0.3 is 5.97 Å². The summed E-state index contributed by atoms with van der Waals surface area (Å²) in [5, 5.41) is 12.1. The first-order valence-electron chi connectivity index (χ1n) is 6.20. The highest BCUT2D eigenvalue weighted by Gasteiger charge is 2.25. The molecule has 5 nitrogen and oxygen atoms in total. The number of nitrogens with one attached hydrogen (secondary N) is 1. The second-order valence-electron chi connectivity index (χ2n) is 5.79. The number of hydrogen-bond acceptors (Lipinski definition) is 4. The topological polar surface area (TPSA) is 75.4 Å². The molecule has 0 saturated heterocycles. The van der Waals surface area contributed by atoms with Crippen LogP contribution in [-0.2, 0) is 4.79 Å². The fourth-order valence-electron chi connectivity index (χ4n) is 1.90. The molecule has 2 aromatic rings. The molecule has 0 aliphatic carbocycles. The molecule has 1 aromatic carbocycles. The monoisotopic (exact) mass is 262 g/mol. The van der Waals surface area contributed by atoms with Crippen LogP contribution in [0.15, 0.2) is 28.7 Å². The van der Waals surface area contributed by atoms with Crippen molar-refractivity contribution < 1.29 is 14.3 Å². The van der Waals surface area contributed by atoms with E-state index in [0.29, 0.717) is 17.5 Å². The van der Waals surface area contributed by atoms with E-state index in [9.17, 15) is 9.90 Å². The molecule has 0 aliphatic heterocycles. The zero-order chi connectivity index (χ0) is 14.0. The molecule has 2 rings (SSSR count). The summed E-state index contributed by atoms with van der Waals surface area (Å²) >= 11 is 0. The third-order valence-electron chi connectivity index (χ3n) is 2.71. The van der Waals surface area contributed by atoms with Gasteiger partial charge in [-0.15, -0.1) is 0 Å². The van der Waals surface area contributed by atoms with Crippen molar-refractivity contribution in [3.63, 3.8) is 0 Å². The Balaban J connectivity index is 2.19. The van der Waals surface area contributed by atoms with Gasteiger partial charge in [0, 0.05) is 0 Å². The number of carboxylic acid groups (broad SMARTS) is 1. The second-order valence-corrected chi connectivity index (χ2v) is 5.79. The third-order valence-corrected chi connectivity index (χ3v) is 2.71. The van der Waals surface area contributed by atoms with E-state index in [-0.39, 0.29) is 11.4 Å². The standard InChI is InChI=1S/C14H18N2O3/c1-14(2,3)8-10(12(17)18)16-13-15-9-6-4-5-7-11(9)19-13/h4-7,10H,8H2,1-3H3,(H,15,16)(H,17,18)/t10-/m0/s1. The zero-order valence-electron chi connectivity index (χ0n) is 11.3. The van der Waals surface area contributed by atoms with E-state index < -0.39 is 12.0 Å². The fraction of sp³-hybridized carbons (Fsp3) is 0.429. The number of oxazole rings is 1. The van der Waals surface area contributed by atoms with Crippen LogP contribution in [0.5, 0.6) is 0 Å². The van der Waals surface area contributed by atoms with Crippen molar-refractivity contribution in [1.82, 2.24) is 4.98 Å². The van der Waals surface area contributed by atoms with E-state index in [1.807, 2.05) is 39.0 Å². The molecule has 1 aromatic heterocycles. The number of para-hydroxylation sites is 2. The van der Waals surface area contributed by atoms with E-state index in [0.717, 1.165) is 0 Å². The van der Waals surface area contributed by atoms with Gasteiger partial charge in [0.25, 0.3) is 6.01 Å². The van der Waals surface area contributed by atoms with Crippen LogP contribution in [0.3, 0.4) is 0 Å². The van der Waals surface area contributed by atoms with Crippen LogP contribution in [0, 0.1) is 5.41 Å². The highest BCUT2D eigenvalue weighted by molar-refractivity contribution is 5.78. The molecule has 0 bridgehead atoms. The smallest absolute Gasteiger partial charge is 0.326 e. The zero-order valence-corrected chi connectivity index (χ0v) is 11.3. The van der Waals surface area contributed by atoms with Gasteiger partial charge < -0.3 is 14.8 Å². The Bertz CT molecular complexity index is 551. The van der Waals surface area contributed by atoms with E-state index in [4.69, 9.17) is 4.42 Å². The Morgan fingerprint density at radius 3 is 2.68 bits per heavy atom. The first kappa shape index (κ1) is 13.4. The molecule has 0 fully saturated rings. The van der Waals surface area contributed by atoms with Crippen LogP contribution in [0.4, 0.5) is 6.01 Å². The Morgan fingerprint density at radius 2 is 2.11 bits per heavy atom. The van der Waals surface area contributed by atoms with Gasteiger partial charge in [-0.2, -0.15) is 4.98 Å². The predicted octanol–water partition coefficient (Wildman–Crippen LogP) is 3.13. The normalized spacial score (nSPS) is 13.4. The highest BCUT2D eigenvalue weighted by atomic mass is 16.4. The van der Waals surface area contributed by atoms with Crippen LogP contribution in [-0.4, -0.2) is 22.1 Å². The summed E-state index contributed by atoms with van der Waals surface area (Å²) in [5.74, 6) is -0.905. The molecule has 0 spiro atoms. The van der Waals surface area contributed by atoms with Crippen LogP contribution >= 0.6 is 0 Å². The van der Waals surface area contributed by atoms with Gasteiger partial charge in [-0.1, -0.05) is 32.9 Å². The molecule has 0 radical (unpaired) electrons. The number of rotatable bonds is 4. The molecule has 0 saturated carbocycles. The fourth-order valence-corrected chi connectivity index (χ4v) is 1.90. The van der Waals surface area contributed by atoms with Gasteiger partial charge in [-0.3, -0.25) is 0 Å². The van der Waals surface area contributed by atoms with Crippen molar-refractivity contribution in [1.29, 1.82) is 0 Å². The maximum Gasteiger partial charge on any atom is 0.326 e. The Labute approximate surface area is 111 Å². The number of aliphatic carboxylic acids is 1. The average molecular weight is 262 g/mol. The first-order chi connectivity index (χ1) is 8.85. The van der Waals surface area contributed by atoms with Gasteiger partial charge in [0.2, 0.25) is 0 Å². The summed E-state index contributed by atoms with van der Waals surface area (Å²) < 4.78 is 5.48. The number of benzene rings is 1. The van der Waals surface area contributed by atoms with E-state index in [1.54, 1.807) is 6.07 Å². The van der Waals surface area contributed by atoms with Crippen molar-refractivity contribution in [2.45, 2.75) is 33.2 Å². The molecule has 102 valence electrons. The summed E-state index contributed by atoms with van der Waals surface area (Å²) in [6.45, 7) is 5.99. The lowest BCUT2D eigenvalue weighted by molar-refractivity contribution is -0.138. The molecular weight excluding hydrogens is 244 g/mol. The van der Waals surface area contributed by atoms with E-state index in [1.165, 1.54) is 0 Å². The number of aromatic nitrogens is 1. The molecule has 5 heteroatoms. The Morgan fingerprint density at radius 1 is 1.42 bits per heavy atom. The molecule has 0 amide bonds. The third kappa shape index (κ3) is 3.47. The molecule has 0 unspecified atom stereocenters. The molecule has 1 heterocycles. The lowest BCUT2D eigenvalue weighted by Crippen LogP contribution is -2.33. The molecular formula is C14H18N2O3. The highest BCUT2D eigenvalue weighted by Crippen LogP contribution is 2.24. The lowest BCUT2D eigenvalue weighted by Gasteiger charge is -2.23. The van der Waals surface area contributed by atoms with Crippen molar-refractivity contribution in [3.8, 4) is 0 Å². The minimum absolute atomic E-state index is 0.0952. The quantitative estimate of drug-likeness (QED) is 0.885. The van der Waals surface area contributed by atoms with Gasteiger partial charge in [-0.25, -0.2) is 4.79 Å². The summed E-state index contributed by atoms with van der Waals surface area (Å²) in [6, 6.07) is 6.86. The molecule has 1 atom stereocenters. The number of fused-ring (bicyclic) bond motifs is 1. The average Bonchev–Trinajstić information content (AvgIpc) is 2.68. The summed E-state index contributed by atoms with van der Waals surface area (Å²) in [5.41, 5.74) is 1.26. The SMILES string of the molecule is CC(C)(C)C[C@H](Nc1nc2ccccc2o1)C(=O)O. The summed E-state index contributed by atoms with van der Waals surface area (Å²) in [4.78, 5) is 15.5. The minimum atomic E-state index is -0.905. The van der Waals surface area contributed by atoms with Crippen molar-refractivity contribution in [2.24, 2.45) is 5.41 Å². The maximum absolute atomic E-state index is 11.3. The van der Waals surface area contributed by atoms with E-state index >= 15 is 0 Å². The Hall–Kier alpha value is -2.04. The minimum Gasteiger partial charge on any atom is -0.480 e. The number of hydrogen-bond donors (Lipinski definition) is 2. The van der Waals surface area contributed by atoms with Gasteiger partial charge in [0.1, 0.15) is 11.6 Å². The second kappa shape index (κ2) is 4.91. The molecule has 2 N–H and O–H groups in total. The van der Waals surface area contributed by atoms with Gasteiger partial charge in [0.15, 0.2) is 5.58 Å². The first-order valence-corrected chi connectivity index (χ1v) is 6.20. The van der Waals surface area contributed by atoms with Crippen LogP contribution in [0.2, 0.25) is 0 Å². The maximum atomic E-state index is 11.3. The molecule has 0 aliphatic rings. The summed E-state index contributed by atoms with van der Waals surface area (Å²) in [7, 11) is 0. The van der Waals surface area contributed by atoms with Crippen molar-refractivity contribution in [2.75, 3.05) is 5.32 Å². The Kier molecular flexibility index (Phi) is 3.46. The van der Waals surface area contributed by atoms with Crippen molar-refractivity contribution >= 4 is 23.1 Å². The van der Waals surface area contributed by atoms with Crippen LogP contribution < -0.4 is 5.32 Å². The summed E-state index contributed by atoms with van der Waals surface area (Å²) in [6.07, 6.45) is 0.487.